The van der Waals surface area contributed by atoms with Gasteiger partial charge in [0.2, 0.25) is 0 Å². The van der Waals surface area contributed by atoms with Gasteiger partial charge in [0.25, 0.3) is 5.91 Å². The van der Waals surface area contributed by atoms with E-state index in [2.05, 4.69) is 15.5 Å². The molecule has 0 aliphatic carbocycles. The normalized spacial score (nSPS) is 12.3. The summed E-state index contributed by atoms with van der Waals surface area (Å²) in [5.74, 6) is 0.560. The van der Waals surface area contributed by atoms with Gasteiger partial charge in [0.15, 0.2) is 5.69 Å². The van der Waals surface area contributed by atoms with Crippen molar-refractivity contribution in [1.82, 2.24) is 15.5 Å². The van der Waals surface area contributed by atoms with Crippen LogP contribution < -0.4 is 11.1 Å². The fraction of sp³-hybridized carbons (Fsp3) is 0.385. The van der Waals surface area contributed by atoms with Crippen molar-refractivity contribution in [1.29, 1.82) is 0 Å². The van der Waals surface area contributed by atoms with Gasteiger partial charge in [-0.1, -0.05) is 6.92 Å². The minimum absolute atomic E-state index is 0.0557. The van der Waals surface area contributed by atoms with Crippen LogP contribution in [0.3, 0.4) is 0 Å². The Labute approximate surface area is 111 Å². The predicted molar refractivity (Wildman–Crippen MR) is 71.7 cm³/mol. The van der Waals surface area contributed by atoms with Crippen molar-refractivity contribution in [2.75, 3.05) is 5.73 Å². The largest absolute Gasteiger partial charge is 0.469 e. The van der Waals surface area contributed by atoms with E-state index in [0.717, 1.165) is 11.5 Å². The molecular weight excluding hydrogens is 244 g/mol. The van der Waals surface area contributed by atoms with Crippen molar-refractivity contribution >= 4 is 11.6 Å². The topological polar surface area (TPSA) is 96.9 Å². The Morgan fingerprint density at radius 3 is 3.00 bits per heavy atom. The third kappa shape index (κ3) is 2.96. The lowest BCUT2D eigenvalue weighted by Crippen LogP contribution is -2.34. The monoisotopic (exact) mass is 262 g/mol. The Balaban J connectivity index is 1.98. The molecule has 1 amide bonds. The zero-order chi connectivity index (χ0) is 13.8. The quantitative estimate of drug-likeness (QED) is 0.760. The average Bonchev–Trinajstić information content (AvgIpc) is 2.98. The molecule has 2 aromatic heterocycles. The van der Waals surface area contributed by atoms with Gasteiger partial charge in [0, 0.05) is 12.5 Å². The van der Waals surface area contributed by atoms with Gasteiger partial charge in [-0.15, -0.1) is 0 Å². The van der Waals surface area contributed by atoms with Gasteiger partial charge in [0.05, 0.1) is 17.6 Å². The molecule has 0 bridgehead atoms. The maximum Gasteiger partial charge on any atom is 0.274 e. The van der Waals surface area contributed by atoms with Crippen molar-refractivity contribution in [3.8, 4) is 0 Å². The van der Waals surface area contributed by atoms with E-state index in [9.17, 15) is 4.79 Å². The van der Waals surface area contributed by atoms with Gasteiger partial charge in [-0.2, -0.15) is 5.10 Å². The molecule has 4 N–H and O–H groups in total. The van der Waals surface area contributed by atoms with Crippen molar-refractivity contribution in [3.05, 3.63) is 35.5 Å². The zero-order valence-electron chi connectivity index (χ0n) is 11.1. The fourth-order valence-electron chi connectivity index (χ4n) is 1.90. The average molecular weight is 262 g/mol. The number of nitrogens with one attached hydrogen (secondary N) is 2. The van der Waals surface area contributed by atoms with Gasteiger partial charge in [-0.05, 0) is 25.5 Å². The number of nitrogens with zero attached hydrogens (tertiary/aromatic N) is 1. The summed E-state index contributed by atoms with van der Waals surface area (Å²) in [7, 11) is 0. The molecule has 1 unspecified atom stereocenters. The first-order valence-electron chi connectivity index (χ1n) is 6.27. The Morgan fingerprint density at radius 1 is 1.63 bits per heavy atom. The number of aromatic amines is 1. The summed E-state index contributed by atoms with van der Waals surface area (Å²) in [5.41, 5.74) is 7.31. The number of hydrogen-bond donors (Lipinski definition) is 3. The van der Waals surface area contributed by atoms with Crippen LogP contribution in [0.4, 0.5) is 5.69 Å². The molecule has 2 heterocycles. The van der Waals surface area contributed by atoms with Crippen LogP contribution in [0.5, 0.6) is 0 Å². The summed E-state index contributed by atoms with van der Waals surface area (Å²) in [6.45, 7) is 3.86. The van der Waals surface area contributed by atoms with Crippen molar-refractivity contribution in [2.24, 2.45) is 0 Å². The van der Waals surface area contributed by atoms with Gasteiger partial charge in [-0.3, -0.25) is 9.89 Å². The summed E-state index contributed by atoms with van der Waals surface area (Å²) in [5, 5.41) is 9.57. The predicted octanol–water partition coefficient (Wildman–Crippen LogP) is 1.51. The number of hydrogen-bond acceptors (Lipinski definition) is 4. The number of rotatable bonds is 5. The second kappa shape index (κ2) is 5.60. The SMILES string of the molecule is CCc1[nH]nc(C(=O)NC(C)Cc2ccco2)c1N. The van der Waals surface area contributed by atoms with Crippen LogP contribution >= 0.6 is 0 Å². The highest BCUT2D eigenvalue weighted by molar-refractivity contribution is 5.97. The molecule has 1 atom stereocenters. The van der Waals surface area contributed by atoms with Crippen LogP contribution in [0.1, 0.15) is 35.8 Å². The molecule has 6 nitrogen and oxygen atoms in total. The molecule has 0 aromatic carbocycles. The number of anilines is 1. The van der Waals surface area contributed by atoms with Gasteiger partial charge in [0.1, 0.15) is 5.76 Å². The first-order valence-corrected chi connectivity index (χ1v) is 6.27. The molecule has 0 fully saturated rings. The van der Waals surface area contributed by atoms with E-state index in [-0.39, 0.29) is 17.6 Å². The molecule has 0 aliphatic rings. The van der Waals surface area contributed by atoms with Gasteiger partial charge < -0.3 is 15.5 Å². The van der Waals surface area contributed by atoms with Crippen LogP contribution in [0.2, 0.25) is 0 Å². The molecule has 0 spiro atoms. The van der Waals surface area contributed by atoms with Crippen molar-refractivity contribution < 1.29 is 9.21 Å². The van der Waals surface area contributed by atoms with Crippen LogP contribution in [0.15, 0.2) is 22.8 Å². The van der Waals surface area contributed by atoms with E-state index in [1.807, 2.05) is 26.0 Å². The minimum Gasteiger partial charge on any atom is -0.469 e. The second-order valence-electron chi connectivity index (χ2n) is 4.48. The van der Waals surface area contributed by atoms with E-state index >= 15 is 0 Å². The van der Waals surface area contributed by atoms with E-state index < -0.39 is 0 Å². The lowest BCUT2D eigenvalue weighted by atomic mass is 10.2. The van der Waals surface area contributed by atoms with Crippen molar-refractivity contribution in [2.45, 2.75) is 32.7 Å². The lowest BCUT2D eigenvalue weighted by molar-refractivity contribution is 0.0935. The molecule has 19 heavy (non-hydrogen) atoms. The molecule has 0 radical (unpaired) electrons. The number of carbonyl (C=O) groups is 1. The zero-order valence-corrected chi connectivity index (χ0v) is 11.1. The summed E-state index contributed by atoms with van der Waals surface area (Å²) in [4.78, 5) is 12.0. The number of nitrogens with two attached hydrogens (primary N) is 1. The van der Waals surface area contributed by atoms with E-state index in [4.69, 9.17) is 10.2 Å². The highest BCUT2D eigenvalue weighted by Crippen LogP contribution is 2.14. The maximum absolute atomic E-state index is 12.0. The Kier molecular flexibility index (Phi) is 3.89. The molecular formula is C13H18N4O2. The number of carbonyl (C=O) groups excluding carboxylic acids is 1. The maximum atomic E-state index is 12.0. The standard InChI is InChI=1S/C13H18N4O2/c1-3-10-11(14)12(17-16-10)13(18)15-8(2)7-9-5-4-6-19-9/h4-6,8H,3,7,14H2,1-2H3,(H,15,18)(H,16,17). The first-order chi connectivity index (χ1) is 9.11. The Morgan fingerprint density at radius 2 is 2.42 bits per heavy atom. The highest BCUT2D eigenvalue weighted by atomic mass is 16.3. The summed E-state index contributed by atoms with van der Waals surface area (Å²) in [6, 6.07) is 3.64. The summed E-state index contributed by atoms with van der Waals surface area (Å²) in [6.07, 6.45) is 2.96. The number of aromatic nitrogens is 2. The van der Waals surface area contributed by atoms with E-state index in [0.29, 0.717) is 18.5 Å². The van der Waals surface area contributed by atoms with Crippen LogP contribution in [0.25, 0.3) is 0 Å². The Hall–Kier alpha value is -2.24. The third-order valence-electron chi connectivity index (χ3n) is 2.92. The third-order valence-corrected chi connectivity index (χ3v) is 2.92. The van der Waals surface area contributed by atoms with Gasteiger partial charge >= 0.3 is 0 Å². The molecule has 2 aromatic rings. The number of amides is 1. The molecule has 6 heteroatoms. The minimum atomic E-state index is -0.271. The highest BCUT2D eigenvalue weighted by Gasteiger charge is 2.18. The first kappa shape index (κ1) is 13.2. The second-order valence-corrected chi connectivity index (χ2v) is 4.48. The molecule has 2 rings (SSSR count). The molecule has 0 saturated carbocycles. The fourth-order valence-corrected chi connectivity index (χ4v) is 1.90. The number of aryl methyl sites for hydroxylation is 1. The molecule has 102 valence electrons. The van der Waals surface area contributed by atoms with Crippen LogP contribution in [0, 0.1) is 0 Å². The van der Waals surface area contributed by atoms with E-state index in [1.165, 1.54) is 0 Å². The Bertz CT molecular complexity index is 545. The van der Waals surface area contributed by atoms with Crippen LogP contribution in [-0.2, 0) is 12.8 Å². The molecule has 0 aliphatic heterocycles. The number of H-pyrrole nitrogens is 1. The van der Waals surface area contributed by atoms with Crippen molar-refractivity contribution in [3.63, 3.8) is 0 Å². The summed E-state index contributed by atoms with van der Waals surface area (Å²) >= 11 is 0. The summed E-state index contributed by atoms with van der Waals surface area (Å²) < 4.78 is 5.24. The lowest BCUT2D eigenvalue weighted by Gasteiger charge is -2.11. The molecule has 0 saturated heterocycles. The van der Waals surface area contributed by atoms with E-state index in [1.54, 1.807) is 6.26 Å². The van der Waals surface area contributed by atoms with Gasteiger partial charge in [-0.25, -0.2) is 0 Å². The smallest absolute Gasteiger partial charge is 0.274 e. The van der Waals surface area contributed by atoms with Crippen LogP contribution in [-0.4, -0.2) is 22.1 Å². The number of nitrogen functional groups attached to an aromatic ring is 1. The number of furan rings is 1.